The molecular weight excluding hydrogens is 201 g/mol. The first-order valence-corrected chi connectivity index (χ1v) is 6.20. The summed E-state index contributed by atoms with van der Waals surface area (Å²) in [6, 6.07) is 5.39. The molecule has 1 aromatic carbocycles. The zero-order chi connectivity index (χ0) is 12.0. The lowest BCUT2D eigenvalue weighted by molar-refractivity contribution is 0.584. The second kappa shape index (κ2) is 6.51. The highest BCUT2D eigenvalue weighted by Gasteiger charge is 2.08. The smallest absolute Gasteiger partial charge is 0.125 e. The van der Waals surface area contributed by atoms with Gasteiger partial charge in [-0.3, -0.25) is 0 Å². The molecule has 0 fully saturated rings. The molecule has 16 heavy (non-hydrogen) atoms. The lowest BCUT2D eigenvalue weighted by atomic mass is 10.1. The van der Waals surface area contributed by atoms with Gasteiger partial charge in [0.15, 0.2) is 0 Å². The Morgan fingerprint density at radius 3 is 2.38 bits per heavy atom. The third kappa shape index (κ3) is 3.84. The summed E-state index contributed by atoms with van der Waals surface area (Å²) in [5.74, 6) is -0.167. The maximum Gasteiger partial charge on any atom is 0.125 e. The maximum absolute atomic E-state index is 13.1. The zero-order valence-corrected chi connectivity index (χ0v) is 10.5. The fourth-order valence-electron chi connectivity index (χ4n) is 1.96. The van der Waals surface area contributed by atoms with Gasteiger partial charge in [0.2, 0.25) is 0 Å². The van der Waals surface area contributed by atoms with Crippen LogP contribution in [0.3, 0.4) is 0 Å². The van der Waals surface area contributed by atoms with Crippen molar-refractivity contribution in [2.45, 2.75) is 52.5 Å². The van der Waals surface area contributed by atoms with E-state index in [-0.39, 0.29) is 5.82 Å². The van der Waals surface area contributed by atoms with E-state index in [4.69, 9.17) is 0 Å². The van der Waals surface area contributed by atoms with Crippen molar-refractivity contribution in [3.8, 4) is 0 Å². The van der Waals surface area contributed by atoms with Crippen LogP contribution in [0.25, 0.3) is 0 Å². The van der Waals surface area contributed by atoms with Crippen LogP contribution in [0.5, 0.6) is 0 Å². The summed E-state index contributed by atoms with van der Waals surface area (Å²) >= 11 is 0. The van der Waals surface area contributed by atoms with Crippen molar-refractivity contribution in [2.75, 3.05) is 5.32 Å². The summed E-state index contributed by atoms with van der Waals surface area (Å²) in [4.78, 5) is 0. The summed E-state index contributed by atoms with van der Waals surface area (Å²) in [6.07, 6.45) is 4.60. The van der Waals surface area contributed by atoms with Gasteiger partial charge < -0.3 is 5.32 Å². The Hall–Kier alpha value is -1.05. The summed E-state index contributed by atoms with van der Waals surface area (Å²) in [7, 11) is 0. The van der Waals surface area contributed by atoms with Crippen LogP contribution in [0, 0.1) is 12.7 Å². The molecule has 1 aromatic rings. The highest BCUT2D eigenvalue weighted by Crippen LogP contribution is 2.19. The van der Waals surface area contributed by atoms with Crippen molar-refractivity contribution in [3.63, 3.8) is 0 Å². The minimum atomic E-state index is -0.167. The molecule has 0 bridgehead atoms. The number of hydrogen-bond acceptors (Lipinski definition) is 1. The lowest BCUT2D eigenvalue weighted by Gasteiger charge is -2.20. The van der Waals surface area contributed by atoms with Gasteiger partial charge in [-0.1, -0.05) is 32.8 Å². The molecule has 1 rings (SSSR count). The maximum atomic E-state index is 13.1. The van der Waals surface area contributed by atoms with E-state index in [2.05, 4.69) is 19.2 Å². The molecule has 0 spiro atoms. The van der Waals surface area contributed by atoms with Crippen LogP contribution in [0.2, 0.25) is 0 Å². The average Bonchev–Trinajstić information content (AvgIpc) is 2.24. The molecule has 0 aliphatic heterocycles. The van der Waals surface area contributed by atoms with Crippen molar-refractivity contribution in [2.24, 2.45) is 0 Å². The molecule has 0 aliphatic rings. The summed E-state index contributed by atoms with van der Waals surface area (Å²) < 4.78 is 13.1. The highest BCUT2D eigenvalue weighted by molar-refractivity contribution is 5.51. The van der Waals surface area contributed by atoms with Crippen molar-refractivity contribution in [1.29, 1.82) is 0 Å². The van der Waals surface area contributed by atoms with Crippen LogP contribution in [-0.2, 0) is 0 Å². The molecular formula is C14H22FN. The van der Waals surface area contributed by atoms with Gasteiger partial charge in [0.25, 0.3) is 0 Å². The number of aryl methyl sites for hydroxylation is 1. The number of rotatable bonds is 6. The number of benzene rings is 1. The summed E-state index contributed by atoms with van der Waals surface area (Å²) in [5, 5.41) is 3.45. The Labute approximate surface area is 98.1 Å². The summed E-state index contributed by atoms with van der Waals surface area (Å²) in [5.41, 5.74) is 2.05. The van der Waals surface area contributed by atoms with E-state index in [1.165, 1.54) is 6.07 Å². The second-order valence-corrected chi connectivity index (χ2v) is 4.38. The molecule has 0 amide bonds. The predicted molar refractivity (Wildman–Crippen MR) is 68.4 cm³/mol. The quantitative estimate of drug-likeness (QED) is 0.748. The van der Waals surface area contributed by atoms with Gasteiger partial charge in [-0.25, -0.2) is 4.39 Å². The fourth-order valence-corrected chi connectivity index (χ4v) is 1.96. The Morgan fingerprint density at radius 2 is 1.81 bits per heavy atom. The monoisotopic (exact) mass is 223 g/mol. The highest BCUT2D eigenvalue weighted by atomic mass is 19.1. The van der Waals surface area contributed by atoms with E-state index >= 15 is 0 Å². The largest absolute Gasteiger partial charge is 0.382 e. The van der Waals surface area contributed by atoms with Crippen LogP contribution in [0.15, 0.2) is 18.2 Å². The third-order valence-corrected chi connectivity index (χ3v) is 2.83. The first kappa shape index (κ1) is 13.0. The number of hydrogen-bond donors (Lipinski definition) is 1. The third-order valence-electron chi connectivity index (χ3n) is 2.83. The lowest BCUT2D eigenvalue weighted by Crippen LogP contribution is -2.19. The molecule has 0 heterocycles. The van der Waals surface area contributed by atoms with Crippen molar-refractivity contribution in [3.05, 3.63) is 29.6 Å². The predicted octanol–water partition coefficient (Wildman–Crippen LogP) is 4.51. The Kier molecular flexibility index (Phi) is 5.30. The first-order chi connectivity index (χ1) is 7.67. The van der Waals surface area contributed by atoms with Gasteiger partial charge >= 0.3 is 0 Å². The van der Waals surface area contributed by atoms with Gasteiger partial charge in [0, 0.05) is 11.7 Å². The van der Waals surface area contributed by atoms with Crippen LogP contribution < -0.4 is 5.32 Å². The van der Waals surface area contributed by atoms with Crippen LogP contribution >= 0.6 is 0 Å². The van der Waals surface area contributed by atoms with Gasteiger partial charge in [0.05, 0.1) is 0 Å². The van der Waals surface area contributed by atoms with Crippen molar-refractivity contribution in [1.82, 2.24) is 0 Å². The molecule has 0 atom stereocenters. The number of anilines is 1. The standard InChI is InChI=1S/C14H22FN/c1-4-6-13(7-5-2)16-14-10-12(15)9-8-11(14)3/h8-10,13,16H,4-7H2,1-3H3. The topological polar surface area (TPSA) is 12.0 Å². The summed E-state index contributed by atoms with van der Waals surface area (Å²) in [6.45, 7) is 6.38. The zero-order valence-electron chi connectivity index (χ0n) is 10.5. The van der Waals surface area contributed by atoms with E-state index < -0.39 is 0 Å². The minimum absolute atomic E-state index is 0.167. The van der Waals surface area contributed by atoms with E-state index in [0.29, 0.717) is 6.04 Å². The Bertz CT molecular complexity index is 317. The van der Waals surface area contributed by atoms with Gasteiger partial charge in [-0.15, -0.1) is 0 Å². The fraction of sp³-hybridized carbons (Fsp3) is 0.571. The van der Waals surface area contributed by atoms with Crippen molar-refractivity contribution < 1.29 is 4.39 Å². The Balaban J connectivity index is 2.71. The number of halogens is 1. The van der Waals surface area contributed by atoms with E-state index in [1.54, 1.807) is 6.07 Å². The molecule has 0 unspecified atom stereocenters. The average molecular weight is 223 g/mol. The van der Waals surface area contributed by atoms with Crippen LogP contribution in [0.1, 0.15) is 45.1 Å². The molecule has 0 aromatic heterocycles. The van der Waals surface area contributed by atoms with E-state index in [9.17, 15) is 4.39 Å². The van der Waals surface area contributed by atoms with Gasteiger partial charge in [-0.2, -0.15) is 0 Å². The molecule has 0 radical (unpaired) electrons. The normalized spacial score (nSPS) is 10.8. The molecule has 0 saturated carbocycles. The molecule has 0 aliphatic carbocycles. The second-order valence-electron chi connectivity index (χ2n) is 4.38. The molecule has 90 valence electrons. The minimum Gasteiger partial charge on any atom is -0.382 e. The molecule has 0 saturated heterocycles. The van der Waals surface area contributed by atoms with Crippen LogP contribution in [-0.4, -0.2) is 6.04 Å². The van der Waals surface area contributed by atoms with Gasteiger partial charge in [-0.05, 0) is 37.5 Å². The Morgan fingerprint density at radius 1 is 1.19 bits per heavy atom. The molecule has 2 heteroatoms. The van der Waals surface area contributed by atoms with E-state index in [0.717, 1.165) is 36.9 Å². The number of nitrogens with one attached hydrogen (secondary N) is 1. The van der Waals surface area contributed by atoms with Crippen molar-refractivity contribution >= 4 is 5.69 Å². The molecule has 1 N–H and O–H groups in total. The first-order valence-electron chi connectivity index (χ1n) is 6.20. The SMILES string of the molecule is CCCC(CCC)Nc1cc(F)ccc1C. The van der Waals surface area contributed by atoms with Crippen LogP contribution in [0.4, 0.5) is 10.1 Å². The van der Waals surface area contributed by atoms with Gasteiger partial charge in [0.1, 0.15) is 5.82 Å². The van der Waals surface area contributed by atoms with E-state index in [1.807, 2.05) is 13.0 Å². The molecule has 1 nitrogen and oxygen atoms in total.